The molecule has 0 saturated heterocycles. The first-order valence-electron chi connectivity index (χ1n) is 12.0. The summed E-state index contributed by atoms with van der Waals surface area (Å²) in [4.78, 5) is 5.74. The highest BCUT2D eigenvalue weighted by molar-refractivity contribution is 8.06. The summed E-state index contributed by atoms with van der Waals surface area (Å²) in [6.07, 6.45) is 11.5. The van der Waals surface area contributed by atoms with Crippen LogP contribution in [-0.4, -0.2) is 0 Å². The Morgan fingerprint density at radius 1 is 0.667 bits per heavy atom. The molecule has 0 amide bonds. The predicted molar refractivity (Wildman–Crippen MR) is 146 cm³/mol. The molecule has 0 aromatic carbocycles. The molecule has 0 spiro atoms. The number of rotatable bonds is 2. The Morgan fingerprint density at radius 3 is 1.33 bits per heavy atom. The van der Waals surface area contributed by atoms with E-state index in [2.05, 4.69) is 126 Å². The largest absolute Gasteiger partial charge is 0.222 e. The van der Waals surface area contributed by atoms with Gasteiger partial charge >= 0.3 is 0 Å². The lowest BCUT2D eigenvalue weighted by atomic mass is 9.91. The molecular formula is C29H43ClO4S2. The van der Waals surface area contributed by atoms with E-state index in [4.69, 9.17) is 18.6 Å². The van der Waals surface area contributed by atoms with Crippen LogP contribution < -0.4 is 18.6 Å². The molecule has 2 rings (SSSR count). The van der Waals surface area contributed by atoms with Gasteiger partial charge in [0.05, 0.1) is 0 Å². The second-order valence-corrected chi connectivity index (χ2v) is 16.1. The molecule has 1 aromatic rings. The summed E-state index contributed by atoms with van der Waals surface area (Å²) in [5, 5.41) is 0. The van der Waals surface area contributed by atoms with Crippen LogP contribution in [0, 0.1) is 21.1 Å². The fourth-order valence-electron chi connectivity index (χ4n) is 2.98. The Morgan fingerprint density at radius 2 is 1.03 bits per heavy atom. The van der Waals surface area contributed by atoms with Gasteiger partial charge in [-0.15, -0.1) is 10.2 Å². The molecule has 1 aliphatic rings. The van der Waals surface area contributed by atoms with Gasteiger partial charge in [0.2, 0.25) is 21.1 Å². The van der Waals surface area contributed by atoms with E-state index in [1.54, 1.807) is 0 Å². The lowest BCUT2D eigenvalue weighted by Crippen LogP contribution is -2.68. The molecule has 2 heterocycles. The van der Waals surface area contributed by atoms with E-state index in [9.17, 15) is 0 Å². The van der Waals surface area contributed by atoms with E-state index >= 15 is 0 Å². The molecule has 0 atom stereocenters. The lowest BCUT2D eigenvalue weighted by Gasteiger charge is -2.31. The summed E-state index contributed by atoms with van der Waals surface area (Å²) in [6.45, 7) is 27.6. The zero-order chi connectivity index (χ0) is 28.3. The topological polar surface area (TPSA) is 92.2 Å². The third kappa shape index (κ3) is 12.0. The SMILES string of the molecule is CC(C)(C)C1=CC(=CC=Cc2cc(C(C)(C)C)[s+]c(C(C)(C)C)c2)C=C(C(C)(C)C)S1.[O-][Cl+3]([O-])([O-])[O-]. The molecule has 0 fully saturated rings. The molecule has 0 radical (unpaired) electrons. The summed E-state index contributed by atoms with van der Waals surface area (Å²) in [5.74, 6) is 0. The Balaban J connectivity index is 0.00000118. The maximum atomic E-state index is 8.49. The summed E-state index contributed by atoms with van der Waals surface area (Å²) in [6, 6.07) is 4.72. The zero-order valence-corrected chi connectivity index (χ0v) is 26.3. The van der Waals surface area contributed by atoms with Crippen molar-refractivity contribution in [2.24, 2.45) is 10.8 Å². The van der Waals surface area contributed by atoms with E-state index in [1.165, 1.54) is 30.7 Å². The van der Waals surface area contributed by atoms with Gasteiger partial charge in [-0.2, -0.15) is 0 Å². The molecule has 0 unspecified atom stereocenters. The summed E-state index contributed by atoms with van der Waals surface area (Å²) >= 11 is 3.89. The number of hydrogen-bond acceptors (Lipinski definition) is 5. The number of hydrogen-bond donors (Lipinski definition) is 0. The monoisotopic (exact) mass is 554 g/mol. The van der Waals surface area contributed by atoms with Crippen molar-refractivity contribution in [1.29, 1.82) is 0 Å². The molecule has 36 heavy (non-hydrogen) atoms. The van der Waals surface area contributed by atoms with Crippen molar-refractivity contribution in [3.8, 4) is 0 Å². The fraction of sp³-hybridized carbons (Fsp3) is 0.552. The maximum Gasteiger partial charge on any atom is 0.219 e. The average Bonchev–Trinajstić information content (AvgIpc) is 2.63. The highest BCUT2D eigenvalue weighted by Crippen LogP contribution is 2.48. The highest BCUT2D eigenvalue weighted by Gasteiger charge is 2.31. The second kappa shape index (κ2) is 11.8. The van der Waals surface area contributed by atoms with Crippen molar-refractivity contribution in [2.45, 2.75) is 93.9 Å². The Hall–Kier alpha value is -0.990. The van der Waals surface area contributed by atoms with Crippen LogP contribution in [0.2, 0.25) is 0 Å². The molecule has 1 aromatic heterocycles. The molecule has 0 bridgehead atoms. The standard InChI is InChI=1S/C29H43S2.ClHO4/c1-26(2,3)22-16-20(17-23(30-22)27(4,5)6)14-13-15-21-18-24(28(7,8)9)31-25(19-21)29(10,11)12;2-1(3,4)5/h13-19H,1-12H3;(H,2,3,4,5)/q+1;/p-1. The van der Waals surface area contributed by atoms with Gasteiger partial charge in [0.15, 0.2) is 0 Å². The molecule has 4 nitrogen and oxygen atoms in total. The number of thioether (sulfide) groups is 1. The average molecular weight is 555 g/mol. The van der Waals surface area contributed by atoms with Gasteiger partial charge in [0.25, 0.3) is 0 Å². The van der Waals surface area contributed by atoms with E-state index in [0.29, 0.717) is 0 Å². The molecular weight excluding hydrogens is 512 g/mol. The third-order valence-corrected chi connectivity index (χ3v) is 8.97. The van der Waals surface area contributed by atoms with Crippen LogP contribution >= 0.6 is 23.1 Å². The third-order valence-electron chi connectivity index (χ3n) is 5.17. The van der Waals surface area contributed by atoms with Gasteiger partial charge in [0.1, 0.15) is 0 Å². The van der Waals surface area contributed by atoms with Crippen LogP contribution in [0.1, 0.15) is 98.4 Å². The van der Waals surface area contributed by atoms with Crippen molar-refractivity contribution in [2.75, 3.05) is 0 Å². The van der Waals surface area contributed by atoms with Crippen molar-refractivity contribution < 1.29 is 28.9 Å². The van der Waals surface area contributed by atoms with Crippen molar-refractivity contribution in [3.63, 3.8) is 0 Å². The molecule has 0 N–H and O–H groups in total. The van der Waals surface area contributed by atoms with Crippen LogP contribution in [0.15, 0.2) is 51.8 Å². The van der Waals surface area contributed by atoms with Gasteiger partial charge in [-0.3, -0.25) is 0 Å². The van der Waals surface area contributed by atoms with Crippen LogP contribution in [-0.2, 0) is 10.8 Å². The van der Waals surface area contributed by atoms with Gasteiger partial charge in [-0.05, 0) is 43.9 Å². The fourth-order valence-corrected chi connectivity index (χ4v) is 5.46. The molecule has 0 saturated carbocycles. The number of halogens is 1. The summed E-state index contributed by atoms with van der Waals surface area (Å²) in [7, 11) is -4.94. The first kappa shape index (κ1) is 33.0. The molecule has 0 aliphatic carbocycles. The molecule has 7 heteroatoms. The smallest absolute Gasteiger partial charge is 0.219 e. The predicted octanol–water partition coefficient (Wildman–Crippen LogP) is 5.41. The van der Waals surface area contributed by atoms with Crippen LogP contribution in [0.25, 0.3) is 6.08 Å². The Bertz CT molecular complexity index is 963. The quantitative estimate of drug-likeness (QED) is 0.455. The van der Waals surface area contributed by atoms with Gasteiger partial charge in [-0.25, -0.2) is 18.6 Å². The summed E-state index contributed by atoms with van der Waals surface area (Å²) in [5.41, 5.74) is 3.20. The molecule has 1 aliphatic heterocycles. The minimum absolute atomic E-state index is 0.155. The second-order valence-electron chi connectivity index (χ2n) is 13.1. The Kier molecular flexibility index (Phi) is 10.8. The number of allylic oxidation sites excluding steroid dienone is 7. The normalized spacial score (nSPS) is 15.8. The molecule has 202 valence electrons. The highest BCUT2D eigenvalue weighted by atomic mass is 35.7. The van der Waals surface area contributed by atoms with E-state index < -0.39 is 10.2 Å². The van der Waals surface area contributed by atoms with Gasteiger partial charge in [0, 0.05) is 23.0 Å². The first-order valence-corrected chi connectivity index (χ1v) is 14.9. The van der Waals surface area contributed by atoms with Crippen molar-refractivity contribution >= 4 is 29.2 Å². The van der Waals surface area contributed by atoms with Crippen molar-refractivity contribution in [3.05, 3.63) is 67.1 Å². The van der Waals surface area contributed by atoms with E-state index in [-0.39, 0.29) is 21.7 Å². The van der Waals surface area contributed by atoms with Gasteiger partial charge < -0.3 is 0 Å². The van der Waals surface area contributed by atoms with E-state index in [0.717, 1.165) is 0 Å². The van der Waals surface area contributed by atoms with Gasteiger partial charge in [-0.1, -0.05) is 113 Å². The first-order chi connectivity index (χ1) is 15.9. The minimum Gasteiger partial charge on any atom is -0.222 e. The summed E-state index contributed by atoms with van der Waals surface area (Å²) < 4.78 is 34.0. The Labute approximate surface area is 229 Å². The van der Waals surface area contributed by atoms with Crippen LogP contribution in [0.4, 0.5) is 0 Å². The van der Waals surface area contributed by atoms with Crippen LogP contribution in [0.5, 0.6) is 0 Å². The zero-order valence-electron chi connectivity index (χ0n) is 23.9. The maximum absolute atomic E-state index is 8.49. The minimum atomic E-state index is -4.94. The lowest BCUT2D eigenvalue weighted by molar-refractivity contribution is -2.00. The van der Waals surface area contributed by atoms with Crippen LogP contribution in [0.3, 0.4) is 0 Å². The van der Waals surface area contributed by atoms with Crippen molar-refractivity contribution in [1.82, 2.24) is 0 Å². The van der Waals surface area contributed by atoms with E-state index in [1.807, 2.05) is 23.1 Å².